The van der Waals surface area contributed by atoms with Gasteiger partial charge in [-0.05, 0) is 37.3 Å². The Morgan fingerprint density at radius 2 is 1.00 bits per heavy atom. The van der Waals surface area contributed by atoms with Crippen LogP contribution in [-0.4, -0.2) is 131 Å². The maximum atomic E-state index is 11.8. The SMILES string of the molecule is CC(C)c1nnc(/C=C/CO)nn1.CC(C)c1nnc(/C=C/COC(=O)Nc2ccccc2)nn1.CC(C)c1nnc(CP(C)(=O)O)nn1.CCOP(C)(=O)Cc1nnc(C(C)C)nn1. The minimum Gasteiger partial charge on any atom is -0.445 e. The van der Waals surface area contributed by atoms with Crippen molar-refractivity contribution in [2.45, 2.75) is 98.3 Å². The molecule has 2 atom stereocenters. The fraction of sp³-hybridized carbons (Fsp3) is 0.513. The van der Waals surface area contributed by atoms with Crippen molar-refractivity contribution in [1.82, 2.24) is 81.6 Å². The Kier molecular flexibility index (Phi) is 24.4. The maximum absolute atomic E-state index is 11.8. The van der Waals surface area contributed by atoms with Crippen LogP contribution in [0.5, 0.6) is 0 Å². The summed E-state index contributed by atoms with van der Waals surface area (Å²) < 4.78 is 33.0. The fourth-order valence-electron chi connectivity index (χ4n) is 4.14. The van der Waals surface area contributed by atoms with Crippen LogP contribution in [0.3, 0.4) is 0 Å². The minimum atomic E-state index is -3.13. The maximum Gasteiger partial charge on any atom is 0.411 e. The number of hydrogen-bond acceptors (Lipinski definition) is 22. The van der Waals surface area contributed by atoms with Gasteiger partial charge < -0.3 is 19.3 Å². The van der Waals surface area contributed by atoms with Gasteiger partial charge in [-0.15, -0.1) is 81.6 Å². The zero-order valence-corrected chi connectivity index (χ0v) is 40.3. The number of ether oxygens (including phenoxy) is 1. The Bertz CT molecular complexity index is 2270. The predicted octanol–water partition coefficient (Wildman–Crippen LogP) is 5.67. The summed E-state index contributed by atoms with van der Waals surface area (Å²) in [6.07, 6.45) is 5.91. The van der Waals surface area contributed by atoms with E-state index in [0.717, 1.165) is 0 Å². The molecule has 5 aromatic rings. The Morgan fingerprint density at radius 1 is 0.615 bits per heavy atom. The van der Waals surface area contributed by atoms with Crippen LogP contribution >= 0.6 is 14.7 Å². The summed E-state index contributed by atoms with van der Waals surface area (Å²) in [5.41, 5.74) is 0.678. The number of hydrogen-bond donors (Lipinski definition) is 3. The van der Waals surface area contributed by atoms with Gasteiger partial charge in [0.05, 0.1) is 25.5 Å². The summed E-state index contributed by atoms with van der Waals surface area (Å²) in [5, 5.41) is 72.9. The zero-order chi connectivity index (χ0) is 48.4. The molecule has 3 N–H and O–H groups in total. The lowest BCUT2D eigenvalue weighted by Gasteiger charge is -2.10. The van der Waals surface area contributed by atoms with Crippen LogP contribution in [0.1, 0.15) is 133 Å². The van der Waals surface area contributed by atoms with E-state index in [1.54, 1.807) is 43.9 Å². The van der Waals surface area contributed by atoms with E-state index in [1.807, 2.05) is 73.6 Å². The van der Waals surface area contributed by atoms with Gasteiger partial charge in [0, 0.05) is 42.7 Å². The van der Waals surface area contributed by atoms with E-state index in [1.165, 1.54) is 12.7 Å². The van der Waals surface area contributed by atoms with E-state index >= 15 is 0 Å². The molecule has 0 saturated carbocycles. The number of benzene rings is 1. The highest BCUT2D eigenvalue weighted by atomic mass is 31.2. The van der Waals surface area contributed by atoms with Crippen molar-refractivity contribution < 1.29 is 33.2 Å². The molecule has 4 heterocycles. The monoisotopic (exact) mass is 939 g/mol. The van der Waals surface area contributed by atoms with E-state index in [0.29, 0.717) is 53.1 Å². The number of nitrogens with zero attached hydrogens (tertiary/aromatic N) is 16. The molecule has 26 heteroatoms. The van der Waals surface area contributed by atoms with Crippen LogP contribution in [0.4, 0.5) is 10.5 Å². The highest BCUT2D eigenvalue weighted by molar-refractivity contribution is 7.57. The molecule has 0 aliphatic rings. The minimum absolute atomic E-state index is 0.0324. The van der Waals surface area contributed by atoms with Crippen LogP contribution in [0.2, 0.25) is 0 Å². The van der Waals surface area contributed by atoms with Crippen molar-refractivity contribution in [1.29, 1.82) is 0 Å². The quantitative estimate of drug-likeness (QED) is 0.100. The van der Waals surface area contributed by atoms with Gasteiger partial charge in [-0.2, -0.15) is 0 Å². The second kappa shape index (κ2) is 28.8. The van der Waals surface area contributed by atoms with E-state index in [2.05, 4.69) is 86.9 Å². The Morgan fingerprint density at radius 3 is 1.37 bits per heavy atom. The number of anilines is 1. The second-order valence-electron chi connectivity index (χ2n) is 15.1. The molecule has 5 rings (SSSR count). The first kappa shape index (κ1) is 55.2. The van der Waals surface area contributed by atoms with Crippen molar-refractivity contribution in [3.8, 4) is 0 Å². The molecule has 0 aliphatic carbocycles. The van der Waals surface area contributed by atoms with Gasteiger partial charge in [0.25, 0.3) is 0 Å². The lowest BCUT2D eigenvalue weighted by atomic mass is 10.2. The average Bonchev–Trinajstić information content (AvgIpc) is 3.25. The molecule has 1 amide bonds. The summed E-state index contributed by atoms with van der Waals surface area (Å²) >= 11 is 0. The van der Waals surface area contributed by atoms with E-state index < -0.39 is 20.8 Å². The average molecular weight is 940 g/mol. The van der Waals surface area contributed by atoms with Crippen molar-refractivity contribution >= 4 is 38.7 Å². The van der Waals surface area contributed by atoms with Crippen LogP contribution in [0.15, 0.2) is 42.5 Å². The molecule has 0 saturated heterocycles. The first-order chi connectivity index (χ1) is 30.7. The first-order valence-corrected chi connectivity index (χ1v) is 25.0. The third kappa shape index (κ3) is 24.1. The smallest absolute Gasteiger partial charge is 0.411 e. The van der Waals surface area contributed by atoms with Gasteiger partial charge in [0.2, 0.25) is 14.7 Å². The van der Waals surface area contributed by atoms with Gasteiger partial charge in [-0.3, -0.25) is 14.4 Å². The lowest BCUT2D eigenvalue weighted by molar-refractivity contribution is 0.174. The summed E-state index contributed by atoms with van der Waals surface area (Å²) in [7, 11) is -5.79. The summed E-state index contributed by atoms with van der Waals surface area (Å²) in [6, 6.07) is 9.07. The Hall–Kier alpha value is -5.93. The molecule has 0 fully saturated rings. The molecule has 2 unspecified atom stereocenters. The predicted molar refractivity (Wildman–Crippen MR) is 242 cm³/mol. The number of rotatable bonds is 16. The third-order valence-corrected chi connectivity index (χ3v) is 9.92. The lowest BCUT2D eigenvalue weighted by Crippen LogP contribution is -2.13. The topological polar surface area (TPSA) is 328 Å². The number of carbonyl (C=O) groups excluding carboxylic acids is 1. The summed E-state index contributed by atoms with van der Waals surface area (Å²) in [6.45, 7) is 20.8. The summed E-state index contributed by atoms with van der Waals surface area (Å²) in [5.74, 6) is 4.47. The van der Waals surface area contributed by atoms with Crippen molar-refractivity contribution in [2.24, 2.45) is 0 Å². The summed E-state index contributed by atoms with van der Waals surface area (Å²) in [4.78, 5) is 20.6. The Balaban J connectivity index is 0.000000305. The standard InChI is InChI=1S/C15H17N5O2.C9H17N4O2P.C8H12N4O.C7H13N4O2P/c1-11(2)14-19-17-13(18-20-14)9-6-10-22-15(21)16-12-7-4-3-5-8-12;1-5-15-16(4,14)6-8-10-12-9(7(2)3)13-11-8;1-6(2)8-11-9-7(10-12-8)4-3-5-13;1-5(2)7-10-8-6(9-11-7)4-14(3,12)13/h3-9,11H,10H2,1-2H3,(H,16,21);7H,5-6H2,1-4H3;3-4,6,13H,5H2,1-2H3;5H,4H2,1-3H3,(H,12,13)/b9-6+;;4-3+;. The largest absolute Gasteiger partial charge is 0.445 e. The van der Waals surface area contributed by atoms with Gasteiger partial charge >= 0.3 is 6.09 Å². The van der Waals surface area contributed by atoms with Crippen LogP contribution < -0.4 is 5.32 Å². The number of aromatic nitrogens is 16. The van der Waals surface area contributed by atoms with E-state index in [9.17, 15) is 13.9 Å². The number of para-hydroxylation sites is 1. The van der Waals surface area contributed by atoms with E-state index in [4.69, 9.17) is 19.3 Å². The third-order valence-electron chi connectivity index (χ3n) is 7.39. The molecule has 1 aromatic carbocycles. The van der Waals surface area contributed by atoms with Crippen molar-refractivity contribution in [3.05, 3.63) is 89.1 Å². The Labute approximate surface area is 378 Å². The second-order valence-corrected chi connectivity index (χ2v) is 20.1. The van der Waals surface area contributed by atoms with Crippen LogP contribution in [-0.2, 0) is 30.7 Å². The van der Waals surface area contributed by atoms with Gasteiger partial charge in [-0.1, -0.05) is 79.7 Å². The molecule has 65 heavy (non-hydrogen) atoms. The normalized spacial score (nSPS) is 13.0. The van der Waals surface area contributed by atoms with Gasteiger partial charge in [0.1, 0.15) is 6.61 Å². The number of aliphatic hydroxyl groups excluding tert-OH is 1. The van der Waals surface area contributed by atoms with Crippen molar-refractivity contribution in [2.75, 3.05) is 38.5 Å². The molecule has 4 aromatic heterocycles. The highest BCUT2D eigenvalue weighted by Crippen LogP contribution is 2.45. The van der Waals surface area contributed by atoms with Gasteiger partial charge in [0.15, 0.2) is 46.6 Å². The number of aliphatic hydroxyl groups is 1. The molecule has 352 valence electrons. The number of carbonyl (C=O) groups is 1. The molecule has 0 spiro atoms. The number of amides is 1. The fourth-order valence-corrected chi connectivity index (χ4v) is 6.07. The highest BCUT2D eigenvalue weighted by Gasteiger charge is 2.19. The molecule has 0 aliphatic heterocycles. The van der Waals surface area contributed by atoms with Crippen LogP contribution in [0.25, 0.3) is 12.2 Å². The zero-order valence-electron chi connectivity index (χ0n) is 38.5. The van der Waals surface area contributed by atoms with Crippen LogP contribution in [0, 0.1) is 0 Å². The van der Waals surface area contributed by atoms with Gasteiger partial charge in [-0.25, -0.2) is 4.79 Å². The van der Waals surface area contributed by atoms with Crippen molar-refractivity contribution in [3.63, 3.8) is 0 Å². The molecular weight excluding hydrogens is 880 g/mol. The molecular formula is C39H59N17O7P2. The van der Waals surface area contributed by atoms with E-state index in [-0.39, 0.29) is 55.0 Å². The molecule has 0 radical (unpaired) electrons. The number of nitrogens with one attached hydrogen (secondary N) is 1. The molecule has 0 bridgehead atoms. The first-order valence-electron chi connectivity index (χ1n) is 20.4. The molecule has 24 nitrogen and oxygen atoms in total.